The predicted octanol–water partition coefficient (Wildman–Crippen LogP) is 5.75. The molecule has 1 saturated carbocycles. The molecule has 1 atom stereocenters. The molecule has 0 spiro atoms. The van der Waals surface area contributed by atoms with E-state index in [1.165, 1.54) is 11.9 Å². The Balaban J connectivity index is 1.24. The molecular weight excluding hydrogens is 522 g/mol. The number of rotatable bonds is 5. The highest BCUT2D eigenvalue weighted by molar-refractivity contribution is 7.97. The van der Waals surface area contributed by atoms with E-state index in [0.717, 1.165) is 43.8 Å². The maximum atomic E-state index is 13.4. The van der Waals surface area contributed by atoms with Crippen LogP contribution in [0.15, 0.2) is 41.7 Å². The fourth-order valence-corrected chi connectivity index (χ4v) is 7.55. The number of aromatic nitrogens is 5. The maximum Gasteiger partial charge on any atom is 0.265 e. The summed E-state index contributed by atoms with van der Waals surface area (Å²) < 4.78 is 12.7. The summed E-state index contributed by atoms with van der Waals surface area (Å²) in [6.45, 7) is 16.2. The first-order valence-corrected chi connectivity index (χ1v) is 15.3. The van der Waals surface area contributed by atoms with Crippen LogP contribution in [-0.4, -0.2) is 49.1 Å². The highest BCUT2D eigenvalue weighted by Crippen LogP contribution is 2.69. The summed E-state index contributed by atoms with van der Waals surface area (Å²) in [6.07, 6.45) is 8.10. The van der Waals surface area contributed by atoms with Crippen LogP contribution in [-0.2, 0) is 6.54 Å². The average molecular weight is 564 g/mol. The topological polar surface area (TPSA) is 90.1 Å². The lowest BCUT2D eigenvalue weighted by Gasteiger charge is -2.34. The molecule has 3 aromatic heterocycles. The monoisotopic (exact) mass is 563 g/mol. The van der Waals surface area contributed by atoms with Gasteiger partial charge in [0.1, 0.15) is 10.8 Å². The minimum atomic E-state index is -0.180. The highest BCUT2D eigenvalue weighted by Gasteiger charge is 2.63. The van der Waals surface area contributed by atoms with E-state index in [2.05, 4.69) is 61.4 Å². The molecule has 1 N–H and O–H groups in total. The van der Waals surface area contributed by atoms with Gasteiger partial charge in [0.05, 0.1) is 12.2 Å². The van der Waals surface area contributed by atoms with Gasteiger partial charge in [-0.15, -0.1) is 5.10 Å². The Morgan fingerprint density at radius 2 is 1.85 bits per heavy atom. The van der Waals surface area contributed by atoms with Crippen molar-refractivity contribution >= 4 is 23.7 Å². The molecule has 2 aliphatic heterocycles. The Bertz CT molecular complexity index is 1390. The summed E-state index contributed by atoms with van der Waals surface area (Å²) in [5.41, 5.74) is 1.13. The van der Waals surface area contributed by atoms with Crippen molar-refractivity contribution in [2.45, 2.75) is 84.3 Å². The molecule has 3 aromatic rings. The number of pyridine rings is 1. The van der Waals surface area contributed by atoms with Crippen LogP contribution in [0.4, 0.5) is 5.82 Å². The Labute approximate surface area is 241 Å². The minimum Gasteiger partial charge on any atom is -0.477 e. The van der Waals surface area contributed by atoms with Gasteiger partial charge in [-0.3, -0.25) is 14.2 Å². The predicted molar refractivity (Wildman–Crippen MR) is 157 cm³/mol. The van der Waals surface area contributed by atoms with Crippen LogP contribution in [0.3, 0.4) is 0 Å². The molecule has 4 bridgehead atoms. The van der Waals surface area contributed by atoms with Gasteiger partial charge in [-0.25, -0.2) is 9.67 Å². The Kier molecular flexibility index (Phi) is 6.67. The van der Waals surface area contributed by atoms with Gasteiger partial charge in [0.2, 0.25) is 5.88 Å². The second-order valence-electron chi connectivity index (χ2n) is 13.4. The zero-order chi connectivity index (χ0) is 28.3. The number of amides is 1. The molecule has 9 nitrogen and oxygen atoms in total. The van der Waals surface area contributed by atoms with E-state index >= 15 is 0 Å². The first kappa shape index (κ1) is 27.2. The van der Waals surface area contributed by atoms with E-state index in [1.54, 1.807) is 4.68 Å². The summed E-state index contributed by atoms with van der Waals surface area (Å²) in [7, 11) is 0. The lowest BCUT2D eigenvalue weighted by Crippen LogP contribution is -2.40. The van der Waals surface area contributed by atoms with E-state index in [4.69, 9.17) is 9.72 Å². The van der Waals surface area contributed by atoms with Gasteiger partial charge in [0.25, 0.3) is 5.91 Å². The Hall–Kier alpha value is -3.01. The Morgan fingerprint density at radius 3 is 2.62 bits per heavy atom. The summed E-state index contributed by atoms with van der Waals surface area (Å²) in [4.78, 5) is 20.8. The number of anilines is 1. The second-order valence-corrected chi connectivity index (χ2v) is 14.2. The lowest BCUT2D eigenvalue weighted by atomic mass is 9.93. The number of carbonyl (C=O) groups is 1. The van der Waals surface area contributed by atoms with Crippen molar-refractivity contribution in [3.63, 3.8) is 0 Å². The van der Waals surface area contributed by atoms with E-state index in [0.29, 0.717) is 52.4 Å². The van der Waals surface area contributed by atoms with Gasteiger partial charge in [-0.05, 0) is 80.4 Å². The number of nitrogens with zero attached hydrogens (tertiary/aromatic N) is 6. The number of ether oxygens (including phenoxy) is 1. The maximum absolute atomic E-state index is 13.4. The molecule has 1 saturated heterocycles. The van der Waals surface area contributed by atoms with Gasteiger partial charge in [-0.1, -0.05) is 27.7 Å². The van der Waals surface area contributed by atoms with Gasteiger partial charge in [0, 0.05) is 49.0 Å². The van der Waals surface area contributed by atoms with Crippen LogP contribution in [0.5, 0.6) is 5.88 Å². The fraction of sp³-hybridized carbons (Fsp3) is 0.600. The van der Waals surface area contributed by atoms with Crippen molar-refractivity contribution in [1.82, 2.24) is 29.3 Å². The molecule has 0 aromatic carbocycles. The molecule has 6 rings (SSSR count). The number of nitrogens with one attached hydrogen (secondary N) is 1. The molecule has 1 unspecified atom stereocenters. The van der Waals surface area contributed by atoms with E-state index in [9.17, 15) is 4.79 Å². The average Bonchev–Trinajstić information content (AvgIpc) is 3.48. The standard InChI is InChI=1S/C30H41N7O2S/c1-28(2)18-20-8-7-14-35-15-12-25(33-35)40-34-27(38)21-9-10-23(31-26(21)36(28)19-20)37-16-11-24(32-37)39-17-13-22-29(3,4)30(22,5)6/h9-12,15-16,20,22H,7-8,13-14,17-19H2,1-6H3,(H,34,38). The highest BCUT2D eigenvalue weighted by atomic mass is 32.2. The number of hydrogen-bond acceptors (Lipinski definition) is 7. The van der Waals surface area contributed by atoms with Crippen molar-refractivity contribution in [2.75, 3.05) is 18.1 Å². The SMILES string of the molecule is CC1(C)CC2CCCn3ccc(n3)SNC(=O)c3ccc(-n4ccc(OCCC5C(C)(C)C5(C)C)n4)nc3N1C2. The molecule has 214 valence electrons. The molecule has 2 fully saturated rings. The van der Waals surface area contributed by atoms with Gasteiger partial charge in [-0.2, -0.15) is 5.10 Å². The summed E-state index contributed by atoms with van der Waals surface area (Å²) in [5, 5.41) is 10.0. The van der Waals surface area contributed by atoms with Crippen LogP contribution in [0.25, 0.3) is 5.82 Å². The number of aryl methyl sites for hydroxylation is 1. The van der Waals surface area contributed by atoms with Gasteiger partial charge in [0.15, 0.2) is 5.82 Å². The number of hydrogen-bond donors (Lipinski definition) is 1. The summed E-state index contributed by atoms with van der Waals surface area (Å²) >= 11 is 1.24. The van der Waals surface area contributed by atoms with Crippen molar-refractivity contribution in [2.24, 2.45) is 22.7 Å². The molecule has 1 aliphatic carbocycles. The van der Waals surface area contributed by atoms with E-state index in [-0.39, 0.29) is 11.4 Å². The smallest absolute Gasteiger partial charge is 0.265 e. The third kappa shape index (κ3) is 4.88. The van der Waals surface area contributed by atoms with Gasteiger partial charge >= 0.3 is 0 Å². The molecule has 3 aliphatic rings. The Morgan fingerprint density at radius 1 is 1.05 bits per heavy atom. The van der Waals surface area contributed by atoms with Crippen molar-refractivity contribution in [3.8, 4) is 11.7 Å². The molecule has 5 heterocycles. The largest absolute Gasteiger partial charge is 0.477 e. The van der Waals surface area contributed by atoms with Crippen molar-refractivity contribution < 1.29 is 9.53 Å². The third-order valence-corrected chi connectivity index (χ3v) is 10.7. The van der Waals surface area contributed by atoms with Crippen LogP contribution in [0.1, 0.15) is 77.6 Å². The third-order valence-electron chi connectivity index (χ3n) is 9.96. The minimum absolute atomic E-state index is 0.125. The van der Waals surface area contributed by atoms with Crippen LogP contribution in [0.2, 0.25) is 0 Å². The fourth-order valence-electron chi connectivity index (χ4n) is 6.97. The van der Waals surface area contributed by atoms with Crippen LogP contribution >= 0.6 is 11.9 Å². The quantitative estimate of drug-likeness (QED) is 0.395. The van der Waals surface area contributed by atoms with E-state index < -0.39 is 0 Å². The number of carbonyl (C=O) groups excluding carboxylic acids is 1. The molecule has 10 heteroatoms. The summed E-state index contributed by atoms with van der Waals surface area (Å²) in [6, 6.07) is 7.54. The number of fused-ring (bicyclic) bond motifs is 6. The first-order chi connectivity index (χ1) is 19.0. The van der Waals surface area contributed by atoms with Crippen LogP contribution < -0.4 is 14.4 Å². The van der Waals surface area contributed by atoms with Crippen LogP contribution in [0, 0.1) is 22.7 Å². The second kappa shape index (κ2) is 9.82. The molecular formula is C30H41N7O2S. The molecule has 0 radical (unpaired) electrons. The first-order valence-electron chi connectivity index (χ1n) is 14.4. The van der Waals surface area contributed by atoms with Gasteiger partial charge < -0.3 is 9.64 Å². The normalized spacial score (nSPS) is 23.3. The lowest BCUT2D eigenvalue weighted by molar-refractivity contribution is 0.0984. The zero-order valence-electron chi connectivity index (χ0n) is 24.5. The van der Waals surface area contributed by atoms with Crippen molar-refractivity contribution in [1.29, 1.82) is 0 Å². The summed E-state index contributed by atoms with van der Waals surface area (Å²) in [5.74, 6) is 2.95. The molecule has 40 heavy (non-hydrogen) atoms. The van der Waals surface area contributed by atoms with Crippen molar-refractivity contribution in [3.05, 3.63) is 42.2 Å². The van der Waals surface area contributed by atoms with E-state index in [1.807, 2.05) is 41.3 Å². The molecule has 1 amide bonds. The zero-order valence-corrected chi connectivity index (χ0v) is 25.3.